The van der Waals surface area contributed by atoms with E-state index in [4.69, 9.17) is 10.2 Å². The number of thiol groups is 1. The van der Waals surface area contributed by atoms with Gasteiger partial charge in [0.15, 0.2) is 0 Å². The van der Waals surface area contributed by atoms with Gasteiger partial charge in [-0.15, -0.1) is 0 Å². The maximum atomic E-state index is 12.3. The number of nitrogens with zero attached hydrogens (tertiary/aromatic N) is 1. The van der Waals surface area contributed by atoms with Gasteiger partial charge in [-0.25, -0.2) is 4.79 Å². The monoisotopic (exact) mass is 319 g/mol. The highest BCUT2D eigenvalue weighted by atomic mass is 32.1. The molecule has 9 heteroatoms. The number of carbonyl (C=O) groups excluding carboxylic acids is 2. The molecule has 1 fully saturated rings. The predicted octanol–water partition coefficient (Wildman–Crippen LogP) is -1.94. The normalized spacial score (nSPS) is 20.9. The molecular formula is C12H21N3O5S. The first-order chi connectivity index (χ1) is 9.96. The first-order valence-electron chi connectivity index (χ1n) is 6.68. The van der Waals surface area contributed by atoms with Gasteiger partial charge in [-0.05, 0) is 19.9 Å². The van der Waals surface area contributed by atoms with E-state index in [1.165, 1.54) is 4.90 Å². The number of likely N-dealkylation sites (N-methyl/N-ethyl adjacent to an activating group) is 1. The summed E-state index contributed by atoms with van der Waals surface area (Å²) in [5.74, 6) is -1.81. The van der Waals surface area contributed by atoms with Gasteiger partial charge >= 0.3 is 5.97 Å². The molecule has 2 amide bonds. The second-order valence-corrected chi connectivity index (χ2v) is 5.16. The van der Waals surface area contributed by atoms with Crippen LogP contribution in [0.5, 0.6) is 0 Å². The van der Waals surface area contributed by atoms with E-state index in [0.717, 1.165) is 0 Å². The molecule has 0 aromatic rings. The Bertz CT molecular complexity index is 402. The third kappa shape index (κ3) is 4.32. The highest BCUT2D eigenvalue weighted by Crippen LogP contribution is 2.19. The van der Waals surface area contributed by atoms with Crippen LogP contribution in [0.4, 0.5) is 0 Å². The van der Waals surface area contributed by atoms with Crippen molar-refractivity contribution in [2.45, 2.75) is 31.0 Å². The number of amides is 2. The molecule has 4 N–H and O–H groups in total. The predicted molar refractivity (Wildman–Crippen MR) is 78.1 cm³/mol. The van der Waals surface area contributed by atoms with Crippen LogP contribution in [0.1, 0.15) is 12.8 Å². The Morgan fingerprint density at radius 3 is 2.52 bits per heavy atom. The van der Waals surface area contributed by atoms with Crippen LogP contribution in [0.25, 0.3) is 0 Å². The quantitative estimate of drug-likeness (QED) is 0.348. The van der Waals surface area contributed by atoms with E-state index in [-0.39, 0.29) is 5.91 Å². The van der Waals surface area contributed by atoms with Crippen LogP contribution in [0, 0.1) is 0 Å². The topological polar surface area (TPSA) is 119 Å². The van der Waals surface area contributed by atoms with Crippen LogP contribution in [0.15, 0.2) is 0 Å². The maximum absolute atomic E-state index is 12.3. The Kier molecular flexibility index (Phi) is 6.93. The van der Waals surface area contributed by atoms with Crippen molar-refractivity contribution < 1.29 is 24.6 Å². The van der Waals surface area contributed by atoms with Gasteiger partial charge in [0.25, 0.3) is 0 Å². The van der Waals surface area contributed by atoms with Crippen LogP contribution in [0.3, 0.4) is 0 Å². The summed E-state index contributed by atoms with van der Waals surface area (Å²) in [6, 6.07) is -2.56. The fourth-order valence-corrected chi connectivity index (χ4v) is 2.59. The molecule has 1 heterocycles. The number of likely N-dealkylation sites (tertiary alicyclic amines) is 1. The zero-order valence-corrected chi connectivity index (χ0v) is 12.7. The lowest BCUT2D eigenvalue weighted by molar-refractivity contribution is -0.145. The fourth-order valence-electron chi connectivity index (χ4n) is 2.25. The molecule has 0 unspecified atom stereocenters. The molecule has 1 aliphatic rings. The molecule has 0 bridgehead atoms. The molecular weight excluding hydrogens is 298 g/mol. The number of aliphatic carboxylic acids is 1. The van der Waals surface area contributed by atoms with E-state index in [1.807, 2.05) is 0 Å². The van der Waals surface area contributed by atoms with Crippen molar-refractivity contribution in [1.82, 2.24) is 15.5 Å². The van der Waals surface area contributed by atoms with Gasteiger partial charge < -0.3 is 25.7 Å². The van der Waals surface area contributed by atoms with E-state index in [1.54, 1.807) is 7.05 Å². The van der Waals surface area contributed by atoms with Crippen molar-refractivity contribution in [1.29, 1.82) is 0 Å². The van der Waals surface area contributed by atoms with Crippen LogP contribution < -0.4 is 10.6 Å². The van der Waals surface area contributed by atoms with Crippen LogP contribution in [-0.2, 0) is 14.4 Å². The second kappa shape index (κ2) is 8.20. The molecule has 0 spiro atoms. The number of hydrogen-bond donors (Lipinski definition) is 5. The molecule has 8 nitrogen and oxygen atoms in total. The van der Waals surface area contributed by atoms with E-state index in [9.17, 15) is 14.4 Å². The molecule has 0 radical (unpaired) electrons. The molecule has 1 rings (SSSR count). The highest BCUT2D eigenvalue weighted by molar-refractivity contribution is 7.80. The first-order valence-corrected chi connectivity index (χ1v) is 7.32. The van der Waals surface area contributed by atoms with Gasteiger partial charge in [-0.3, -0.25) is 9.59 Å². The Balaban J connectivity index is 2.74. The lowest BCUT2D eigenvalue weighted by atomic mass is 10.1. The highest BCUT2D eigenvalue weighted by Gasteiger charge is 2.37. The van der Waals surface area contributed by atoms with E-state index in [0.29, 0.717) is 25.1 Å². The Labute approximate surface area is 128 Å². The molecule has 0 aromatic carbocycles. The van der Waals surface area contributed by atoms with Crippen molar-refractivity contribution in [3.05, 3.63) is 0 Å². The molecule has 0 saturated carbocycles. The molecule has 0 aromatic heterocycles. The number of carboxylic acid groups (broad SMARTS) is 1. The largest absolute Gasteiger partial charge is 0.480 e. The van der Waals surface area contributed by atoms with E-state index >= 15 is 0 Å². The molecule has 1 saturated heterocycles. The fraction of sp³-hybridized carbons (Fsp3) is 0.750. The summed E-state index contributed by atoms with van der Waals surface area (Å²) in [6.07, 6.45) is 1.14. The van der Waals surface area contributed by atoms with Gasteiger partial charge in [0, 0.05) is 12.3 Å². The second-order valence-electron chi connectivity index (χ2n) is 4.80. The van der Waals surface area contributed by atoms with Gasteiger partial charge in [-0.2, -0.15) is 12.6 Å². The summed E-state index contributed by atoms with van der Waals surface area (Å²) in [6.45, 7) is -0.253. The number of aliphatic hydroxyl groups is 1. The Hall–Kier alpha value is -1.32. The lowest BCUT2D eigenvalue weighted by Gasteiger charge is -2.28. The molecule has 21 heavy (non-hydrogen) atoms. The zero-order chi connectivity index (χ0) is 16.0. The van der Waals surface area contributed by atoms with Gasteiger partial charge in [0.1, 0.15) is 12.1 Å². The minimum absolute atomic E-state index is 0.235. The zero-order valence-electron chi connectivity index (χ0n) is 11.8. The summed E-state index contributed by atoms with van der Waals surface area (Å²) < 4.78 is 0. The van der Waals surface area contributed by atoms with Crippen molar-refractivity contribution in [2.24, 2.45) is 0 Å². The number of aliphatic hydroxyl groups excluding tert-OH is 1. The standard InChI is InChI=1S/C12H21N3O5S/c1-13-8(6-21)11(18)15-4-2-3-9(15)10(17)14-7(5-16)12(19)20/h7-9,13,16,21H,2-6H2,1H3,(H,14,17)(H,19,20)/t7-,8-,9-/m0/s1. The van der Waals surface area contributed by atoms with Crippen LogP contribution in [0.2, 0.25) is 0 Å². The number of carbonyl (C=O) groups is 3. The summed E-state index contributed by atoms with van der Waals surface area (Å²) in [5, 5.41) is 22.8. The minimum Gasteiger partial charge on any atom is -0.480 e. The summed E-state index contributed by atoms with van der Waals surface area (Å²) in [7, 11) is 1.64. The summed E-state index contributed by atoms with van der Waals surface area (Å²) in [4.78, 5) is 36.7. The van der Waals surface area contributed by atoms with Crippen LogP contribution in [-0.4, -0.2) is 77.0 Å². The van der Waals surface area contributed by atoms with Gasteiger partial charge in [0.2, 0.25) is 11.8 Å². The molecule has 0 aliphatic carbocycles. The van der Waals surface area contributed by atoms with Crippen molar-refractivity contribution in [3.8, 4) is 0 Å². The smallest absolute Gasteiger partial charge is 0.328 e. The number of nitrogens with one attached hydrogen (secondary N) is 2. The summed E-state index contributed by atoms with van der Waals surface area (Å²) in [5.41, 5.74) is 0. The van der Waals surface area contributed by atoms with E-state index < -0.39 is 36.6 Å². The van der Waals surface area contributed by atoms with E-state index in [2.05, 4.69) is 23.3 Å². The average Bonchev–Trinajstić information content (AvgIpc) is 2.94. The third-order valence-electron chi connectivity index (χ3n) is 3.46. The first kappa shape index (κ1) is 17.7. The summed E-state index contributed by atoms with van der Waals surface area (Å²) >= 11 is 4.09. The van der Waals surface area contributed by atoms with Crippen molar-refractivity contribution in [2.75, 3.05) is 26.0 Å². The van der Waals surface area contributed by atoms with Crippen molar-refractivity contribution in [3.63, 3.8) is 0 Å². The maximum Gasteiger partial charge on any atom is 0.328 e. The number of hydrogen-bond acceptors (Lipinski definition) is 6. The third-order valence-corrected chi connectivity index (χ3v) is 3.83. The van der Waals surface area contributed by atoms with Crippen LogP contribution >= 0.6 is 12.6 Å². The Morgan fingerprint density at radius 2 is 2.05 bits per heavy atom. The molecule has 120 valence electrons. The Morgan fingerprint density at radius 1 is 1.38 bits per heavy atom. The number of rotatable bonds is 7. The number of carboxylic acids is 1. The van der Waals surface area contributed by atoms with Gasteiger partial charge in [0.05, 0.1) is 12.6 Å². The minimum atomic E-state index is -1.36. The SMILES string of the molecule is CN[C@@H](CS)C(=O)N1CCC[C@H]1C(=O)N[C@@H](CO)C(=O)O. The van der Waals surface area contributed by atoms with Gasteiger partial charge in [-0.1, -0.05) is 0 Å². The molecule has 1 aliphatic heterocycles. The van der Waals surface area contributed by atoms with Crippen molar-refractivity contribution >= 4 is 30.4 Å². The lowest BCUT2D eigenvalue weighted by Crippen LogP contribution is -2.55. The average molecular weight is 319 g/mol. The molecule has 3 atom stereocenters.